The molecule has 3 rings (SSSR count). The number of benzene rings is 2. The van der Waals surface area contributed by atoms with Gasteiger partial charge in [0.15, 0.2) is 0 Å². The van der Waals surface area contributed by atoms with Crippen molar-refractivity contribution in [2.45, 2.75) is 32.2 Å². The van der Waals surface area contributed by atoms with E-state index in [1.54, 1.807) is 0 Å². The molecule has 2 aromatic carbocycles. The van der Waals surface area contributed by atoms with Crippen molar-refractivity contribution >= 4 is 22.9 Å². The van der Waals surface area contributed by atoms with Crippen molar-refractivity contribution in [2.75, 3.05) is 18.4 Å². The predicted molar refractivity (Wildman–Crippen MR) is 106 cm³/mol. The molecule has 2 aromatic rings. The predicted octanol–water partition coefficient (Wildman–Crippen LogP) is 5.29. The van der Waals surface area contributed by atoms with Crippen LogP contribution in [-0.4, -0.2) is 23.0 Å². The minimum Gasteiger partial charge on any atom is -0.350 e. The number of hydrogen-bond donors (Lipinski definition) is 1. The van der Waals surface area contributed by atoms with E-state index < -0.39 is 0 Å². The number of piperidine rings is 1. The summed E-state index contributed by atoms with van der Waals surface area (Å²) < 4.78 is 0. The normalized spacial score (nSPS) is 17.9. The average molecular weight is 339 g/mol. The first-order valence-corrected chi connectivity index (χ1v) is 9.31. The maximum atomic E-state index is 5.77. The number of hydrogen-bond acceptors (Lipinski definition) is 2. The third-order valence-electron chi connectivity index (χ3n) is 4.85. The smallest absolute Gasteiger partial charge is 0.0845 e. The summed E-state index contributed by atoms with van der Waals surface area (Å²) >= 11 is 5.77. The molecule has 0 amide bonds. The van der Waals surface area contributed by atoms with Gasteiger partial charge in [-0.2, -0.15) is 0 Å². The summed E-state index contributed by atoms with van der Waals surface area (Å²) in [5, 5.41) is 3.44. The molecule has 0 bridgehead atoms. The van der Waals surface area contributed by atoms with E-state index in [0.717, 1.165) is 23.8 Å². The van der Waals surface area contributed by atoms with Gasteiger partial charge in [0.2, 0.25) is 0 Å². The number of anilines is 1. The van der Waals surface area contributed by atoms with E-state index in [0.29, 0.717) is 6.04 Å². The van der Waals surface area contributed by atoms with E-state index in [4.69, 9.17) is 12.2 Å². The van der Waals surface area contributed by atoms with E-state index in [2.05, 4.69) is 59.6 Å². The summed E-state index contributed by atoms with van der Waals surface area (Å²) in [5.74, 6) is 0.265. The monoisotopic (exact) mass is 338 g/mol. The molecule has 1 fully saturated rings. The second kappa shape index (κ2) is 8.41. The van der Waals surface area contributed by atoms with Gasteiger partial charge < -0.3 is 5.32 Å². The molecule has 24 heavy (non-hydrogen) atoms. The second-order valence-corrected chi connectivity index (χ2v) is 7.04. The minimum atomic E-state index is 0.265. The van der Waals surface area contributed by atoms with Crippen LogP contribution in [0.1, 0.15) is 37.8 Å². The van der Waals surface area contributed by atoms with Crippen LogP contribution in [0.3, 0.4) is 0 Å². The van der Waals surface area contributed by atoms with Crippen molar-refractivity contribution in [2.24, 2.45) is 5.92 Å². The van der Waals surface area contributed by atoms with Gasteiger partial charge in [-0.05, 0) is 43.6 Å². The number of likely N-dealkylation sites (tertiary alicyclic amines) is 1. The highest BCUT2D eigenvalue weighted by Crippen LogP contribution is 2.32. The van der Waals surface area contributed by atoms with Crippen molar-refractivity contribution in [3.05, 3.63) is 66.2 Å². The zero-order valence-corrected chi connectivity index (χ0v) is 15.1. The Hall–Kier alpha value is -1.71. The van der Waals surface area contributed by atoms with E-state index in [9.17, 15) is 0 Å². The van der Waals surface area contributed by atoms with Crippen LogP contribution in [0.25, 0.3) is 0 Å². The second-order valence-electron chi connectivity index (χ2n) is 6.60. The van der Waals surface area contributed by atoms with Crippen LogP contribution in [0, 0.1) is 5.92 Å². The fourth-order valence-electron chi connectivity index (χ4n) is 3.58. The fourth-order valence-corrected chi connectivity index (χ4v) is 3.83. The molecule has 126 valence electrons. The van der Waals surface area contributed by atoms with Gasteiger partial charge in [-0.1, -0.05) is 74.1 Å². The Balaban J connectivity index is 1.80. The first-order valence-electron chi connectivity index (χ1n) is 8.90. The lowest BCUT2D eigenvalue weighted by atomic mass is 9.91. The highest BCUT2D eigenvalue weighted by molar-refractivity contribution is 7.80. The van der Waals surface area contributed by atoms with Crippen LogP contribution in [0.5, 0.6) is 0 Å². The molecule has 0 spiro atoms. The third-order valence-corrected chi connectivity index (χ3v) is 5.33. The van der Waals surface area contributed by atoms with Crippen LogP contribution in [0.15, 0.2) is 60.7 Å². The summed E-state index contributed by atoms with van der Waals surface area (Å²) in [6.07, 6.45) is 3.92. The number of nitrogens with zero attached hydrogens (tertiary/aromatic N) is 1. The average Bonchev–Trinajstić information content (AvgIpc) is 2.64. The van der Waals surface area contributed by atoms with Crippen molar-refractivity contribution in [3.8, 4) is 0 Å². The summed E-state index contributed by atoms with van der Waals surface area (Å²) in [4.78, 5) is 3.53. The number of rotatable bonds is 5. The summed E-state index contributed by atoms with van der Waals surface area (Å²) in [6, 6.07) is 21.4. The van der Waals surface area contributed by atoms with Crippen LogP contribution in [0.2, 0.25) is 0 Å². The van der Waals surface area contributed by atoms with Gasteiger partial charge in [0.05, 0.1) is 4.99 Å². The van der Waals surface area contributed by atoms with Gasteiger partial charge in [-0.3, -0.25) is 4.90 Å². The maximum Gasteiger partial charge on any atom is 0.0845 e. The Morgan fingerprint density at radius 3 is 2.12 bits per heavy atom. The highest BCUT2D eigenvalue weighted by atomic mass is 32.1. The molecule has 0 saturated carbocycles. The van der Waals surface area contributed by atoms with Gasteiger partial charge in [-0.25, -0.2) is 0 Å². The van der Waals surface area contributed by atoms with Gasteiger partial charge in [0.1, 0.15) is 0 Å². The SMILES string of the molecule is C[C@@H](C(=S)Nc1ccccc1)[C@@H](c1ccccc1)N1CCCCC1. The van der Waals surface area contributed by atoms with Crippen molar-refractivity contribution < 1.29 is 0 Å². The Kier molecular flexibility index (Phi) is 6.00. The molecule has 0 unspecified atom stereocenters. The van der Waals surface area contributed by atoms with Crippen LogP contribution in [0.4, 0.5) is 5.69 Å². The lowest BCUT2D eigenvalue weighted by Gasteiger charge is -2.38. The molecule has 1 aliphatic heterocycles. The van der Waals surface area contributed by atoms with Crippen LogP contribution in [-0.2, 0) is 0 Å². The molecule has 0 radical (unpaired) electrons. The molecular formula is C21H26N2S. The fraction of sp³-hybridized carbons (Fsp3) is 0.381. The zero-order valence-electron chi connectivity index (χ0n) is 14.3. The summed E-state index contributed by atoms with van der Waals surface area (Å²) in [6.45, 7) is 4.58. The lowest BCUT2D eigenvalue weighted by Crippen LogP contribution is -2.40. The standard InChI is InChI=1S/C21H26N2S/c1-17(21(24)22-19-13-7-3-8-14-19)20(18-11-5-2-6-12-18)23-15-9-4-10-16-23/h2-3,5-8,11-14,17,20H,4,9-10,15-16H2,1H3,(H,22,24)/t17-,20+/m1/s1. The molecule has 1 N–H and O–H groups in total. The lowest BCUT2D eigenvalue weighted by molar-refractivity contribution is 0.143. The van der Waals surface area contributed by atoms with E-state index in [1.807, 2.05) is 18.2 Å². The van der Waals surface area contributed by atoms with Gasteiger partial charge in [0, 0.05) is 17.6 Å². The van der Waals surface area contributed by atoms with E-state index >= 15 is 0 Å². The molecular weight excluding hydrogens is 312 g/mol. The summed E-state index contributed by atoms with van der Waals surface area (Å²) in [7, 11) is 0. The van der Waals surface area contributed by atoms with E-state index in [1.165, 1.54) is 24.8 Å². The highest BCUT2D eigenvalue weighted by Gasteiger charge is 2.29. The van der Waals surface area contributed by atoms with Crippen molar-refractivity contribution in [1.29, 1.82) is 0 Å². The number of thiocarbonyl (C=S) groups is 1. The van der Waals surface area contributed by atoms with Gasteiger partial charge >= 0.3 is 0 Å². The van der Waals surface area contributed by atoms with Gasteiger partial charge in [-0.15, -0.1) is 0 Å². The Labute approximate surface area is 150 Å². The molecule has 0 aromatic heterocycles. The van der Waals surface area contributed by atoms with Crippen LogP contribution >= 0.6 is 12.2 Å². The third kappa shape index (κ3) is 4.22. The Morgan fingerprint density at radius 2 is 1.50 bits per heavy atom. The van der Waals surface area contributed by atoms with Crippen molar-refractivity contribution in [1.82, 2.24) is 4.90 Å². The summed E-state index contributed by atoms with van der Waals surface area (Å²) in [5.41, 5.74) is 2.43. The molecule has 3 heteroatoms. The molecule has 0 aliphatic carbocycles. The first kappa shape index (κ1) is 17.1. The maximum absolute atomic E-state index is 5.77. The molecule has 1 aliphatic rings. The van der Waals surface area contributed by atoms with Crippen LogP contribution < -0.4 is 5.32 Å². The number of para-hydroxylation sites is 1. The minimum absolute atomic E-state index is 0.265. The Morgan fingerprint density at radius 1 is 0.917 bits per heavy atom. The number of nitrogens with one attached hydrogen (secondary N) is 1. The largest absolute Gasteiger partial charge is 0.350 e. The van der Waals surface area contributed by atoms with Crippen molar-refractivity contribution in [3.63, 3.8) is 0 Å². The molecule has 1 heterocycles. The first-order chi connectivity index (χ1) is 11.8. The molecule has 2 nitrogen and oxygen atoms in total. The van der Waals surface area contributed by atoms with E-state index in [-0.39, 0.29) is 5.92 Å². The molecule has 2 atom stereocenters. The molecule has 1 saturated heterocycles. The topological polar surface area (TPSA) is 15.3 Å². The Bertz CT molecular complexity index is 635. The zero-order chi connectivity index (χ0) is 16.8. The van der Waals surface area contributed by atoms with Gasteiger partial charge in [0.25, 0.3) is 0 Å². The quantitative estimate of drug-likeness (QED) is 0.746.